The van der Waals surface area contributed by atoms with Crippen LogP contribution in [0.5, 0.6) is 0 Å². The van der Waals surface area contributed by atoms with E-state index in [9.17, 15) is 4.79 Å². The van der Waals surface area contributed by atoms with Crippen molar-refractivity contribution in [2.24, 2.45) is 0 Å². The molecule has 2 aromatic rings. The lowest BCUT2D eigenvalue weighted by Crippen LogP contribution is -2.01. The van der Waals surface area contributed by atoms with Crippen LogP contribution in [0.3, 0.4) is 0 Å². The summed E-state index contributed by atoms with van der Waals surface area (Å²) >= 11 is 1.45. The fourth-order valence-electron chi connectivity index (χ4n) is 2.20. The molecule has 2 aromatic heterocycles. The molecule has 0 saturated heterocycles. The Labute approximate surface area is 114 Å². The standard InChI is InChI=1S/C13H13N3O2S/c17-7-10-5-6-11(18-10)19-13-15-14-12(8-1-2-8)16(13)9-3-4-9/h5-9H,1-4H2. The van der Waals surface area contributed by atoms with Gasteiger partial charge in [0, 0.05) is 12.0 Å². The Bertz CT molecular complexity index is 626. The van der Waals surface area contributed by atoms with Gasteiger partial charge in [-0.15, -0.1) is 10.2 Å². The predicted molar refractivity (Wildman–Crippen MR) is 68.5 cm³/mol. The van der Waals surface area contributed by atoms with Crippen molar-refractivity contribution in [1.82, 2.24) is 14.8 Å². The van der Waals surface area contributed by atoms with Crippen molar-refractivity contribution in [3.8, 4) is 0 Å². The third kappa shape index (κ3) is 2.10. The van der Waals surface area contributed by atoms with E-state index >= 15 is 0 Å². The number of hydrogen-bond donors (Lipinski definition) is 0. The zero-order chi connectivity index (χ0) is 12.8. The van der Waals surface area contributed by atoms with Gasteiger partial charge in [0.2, 0.25) is 0 Å². The van der Waals surface area contributed by atoms with Crippen LogP contribution in [0.1, 0.15) is 54.0 Å². The largest absolute Gasteiger partial charge is 0.447 e. The molecule has 2 fully saturated rings. The number of furan rings is 1. The van der Waals surface area contributed by atoms with E-state index < -0.39 is 0 Å². The highest BCUT2D eigenvalue weighted by Gasteiger charge is 2.36. The van der Waals surface area contributed by atoms with Gasteiger partial charge < -0.3 is 8.98 Å². The summed E-state index contributed by atoms with van der Waals surface area (Å²) in [5, 5.41) is 10.2. The van der Waals surface area contributed by atoms with Crippen LogP contribution in [-0.4, -0.2) is 21.1 Å². The highest BCUT2D eigenvalue weighted by Crippen LogP contribution is 2.46. The second kappa shape index (κ2) is 4.23. The Balaban J connectivity index is 1.64. The Hall–Kier alpha value is -1.56. The maximum Gasteiger partial charge on any atom is 0.199 e. The van der Waals surface area contributed by atoms with E-state index in [0.29, 0.717) is 29.1 Å². The van der Waals surface area contributed by atoms with Crippen molar-refractivity contribution in [2.75, 3.05) is 0 Å². The highest BCUT2D eigenvalue weighted by atomic mass is 32.2. The van der Waals surface area contributed by atoms with E-state index in [1.807, 2.05) is 0 Å². The molecule has 0 atom stereocenters. The Morgan fingerprint density at radius 3 is 2.74 bits per heavy atom. The summed E-state index contributed by atoms with van der Waals surface area (Å²) in [6, 6.07) is 4.04. The molecule has 0 spiro atoms. The molecule has 0 unspecified atom stereocenters. The molecule has 4 rings (SSSR count). The van der Waals surface area contributed by atoms with Crippen LogP contribution < -0.4 is 0 Å². The zero-order valence-corrected chi connectivity index (χ0v) is 11.1. The number of aldehydes is 1. The second-order valence-electron chi connectivity index (χ2n) is 5.09. The Morgan fingerprint density at radius 2 is 2.11 bits per heavy atom. The third-order valence-electron chi connectivity index (χ3n) is 3.46. The summed E-state index contributed by atoms with van der Waals surface area (Å²) in [7, 11) is 0. The van der Waals surface area contributed by atoms with Gasteiger partial charge in [0.25, 0.3) is 0 Å². The molecule has 6 heteroatoms. The van der Waals surface area contributed by atoms with Gasteiger partial charge in [0.1, 0.15) is 5.82 Å². The van der Waals surface area contributed by atoms with E-state index in [4.69, 9.17) is 4.42 Å². The summed E-state index contributed by atoms with van der Waals surface area (Å²) in [5.74, 6) is 2.08. The van der Waals surface area contributed by atoms with Crippen LogP contribution in [0.4, 0.5) is 0 Å². The van der Waals surface area contributed by atoms with Gasteiger partial charge in [-0.05, 0) is 49.6 Å². The van der Waals surface area contributed by atoms with Crippen LogP contribution in [0.15, 0.2) is 26.8 Å². The van der Waals surface area contributed by atoms with Crippen molar-refractivity contribution in [3.63, 3.8) is 0 Å². The van der Waals surface area contributed by atoms with Gasteiger partial charge in [-0.3, -0.25) is 4.79 Å². The molecule has 2 aliphatic carbocycles. The minimum Gasteiger partial charge on any atom is -0.447 e. The van der Waals surface area contributed by atoms with Gasteiger partial charge in [0.15, 0.2) is 22.3 Å². The molecule has 0 amide bonds. The molecular weight excluding hydrogens is 262 g/mol. The Morgan fingerprint density at radius 1 is 1.26 bits per heavy atom. The summed E-state index contributed by atoms with van der Waals surface area (Å²) in [5.41, 5.74) is 0. The molecule has 0 aliphatic heterocycles. The molecule has 19 heavy (non-hydrogen) atoms. The highest BCUT2D eigenvalue weighted by molar-refractivity contribution is 7.99. The molecule has 2 saturated carbocycles. The lowest BCUT2D eigenvalue weighted by atomic mass is 10.4. The summed E-state index contributed by atoms with van der Waals surface area (Å²) in [4.78, 5) is 10.6. The molecule has 2 heterocycles. The fraction of sp³-hybridized carbons (Fsp3) is 0.462. The Kier molecular flexibility index (Phi) is 2.51. The first-order chi connectivity index (χ1) is 9.35. The van der Waals surface area contributed by atoms with E-state index in [1.54, 1.807) is 12.1 Å². The van der Waals surface area contributed by atoms with E-state index in [0.717, 1.165) is 11.0 Å². The minimum absolute atomic E-state index is 0.349. The molecular formula is C13H13N3O2S. The lowest BCUT2D eigenvalue weighted by molar-refractivity contribution is 0.109. The van der Waals surface area contributed by atoms with Crippen molar-refractivity contribution >= 4 is 18.0 Å². The van der Waals surface area contributed by atoms with Gasteiger partial charge in [-0.25, -0.2) is 0 Å². The van der Waals surface area contributed by atoms with Gasteiger partial charge in [0.05, 0.1) is 0 Å². The first-order valence-corrected chi connectivity index (χ1v) is 7.34. The van der Waals surface area contributed by atoms with Gasteiger partial charge in [-0.1, -0.05) is 0 Å². The number of rotatable bonds is 5. The lowest BCUT2D eigenvalue weighted by Gasteiger charge is -2.06. The molecule has 2 aliphatic rings. The van der Waals surface area contributed by atoms with Crippen molar-refractivity contribution in [2.45, 2.75) is 47.9 Å². The third-order valence-corrected chi connectivity index (χ3v) is 4.34. The van der Waals surface area contributed by atoms with Crippen molar-refractivity contribution in [1.29, 1.82) is 0 Å². The van der Waals surface area contributed by atoms with Crippen molar-refractivity contribution < 1.29 is 9.21 Å². The first kappa shape index (κ1) is 11.3. The quantitative estimate of drug-likeness (QED) is 0.785. The molecule has 0 aromatic carbocycles. The number of aromatic nitrogens is 3. The van der Waals surface area contributed by atoms with Crippen LogP contribution in [-0.2, 0) is 0 Å². The van der Waals surface area contributed by atoms with Crippen LogP contribution in [0, 0.1) is 0 Å². The molecule has 0 bridgehead atoms. The van der Waals surface area contributed by atoms with Crippen LogP contribution >= 0.6 is 11.8 Å². The van der Waals surface area contributed by atoms with Gasteiger partial charge >= 0.3 is 0 Å². The predicted octanol–water partition coefficient (Wildman–Crippen LogP) is 3.05. The topological polar surface area (TPSA) is 60.9 Å². The van der Waals surface area contributed by atoms with E-state index in [-0.39, 0.29) is 0 Å². The number of carbonyl (C=O) groups is 1. The molecule has 98 valence electrons. The number of hydrogen-bond acceptors (Lipinski definition) is 5. The normalized spacial score (nSPS) is 18.7. The number of carbonyl (C=O) groups excluding carboxylic acids is 1. The molecule has 0 radical (unpaired) electrons. The summed E-state index contributed by atoms with van der Waals surface area (Å²) in [6.45, 7) is 0. The van der Waals surface area contributed by atoms with Gasteiger partial charge in [-0.2, -0.15) is 0 Å². The van der Waals surface area contributed by atoms with Crippen LogP contribution in [0.2, 0.25) is 0 Å². The smallest absolute Gasteiger partial charge is 0.199 e. The van der Waals surface area contributed by atoms with E-state index in [2.05, 4.69) is 14.8 Å². The average molecular weight is 275 g/mol. The first-order valence-electron chi connectivity index (χ1n) is 6.53. The summed E-state index contributed by atoms with van der Waals surface area (Å²) in [6.07, 6.45) is 5.59. The molecule has 0 N–H and O–H groups in total. The van der Waals surface area contributed by atoms with Crippen LogP contribution in [0.25, 0.3) is 0 Å². The molecule has 5 nitrogen and oxygen atoms in total. The fourth-order valence-corrected chi connectivity index (χ4v) is 3.07. The second-order valence-corrected chi connectivity index (χ2v) is 6.06. The zero-order valence-electron chi connectivity index (χ0n) is 10.3. The minimum atomic E-state index is 0.349. The van der Waals surface area contributed by atoms with E-state index in [1.165, 1.54) is 37.4 Å². The monoisotopic (exact) mass is 275 g/mol. The number of nitrogens with zero attached hydrogens (tertiary/aromatic N) is 3. The van der Waals surface area contributed by atoms with Crippen molar-refractivity contribution in [3.05, 3.63) is 23.7 Å². The average Bonchev–Trinajstić information content (AvgIpc) is 3.35. The maximum atomic E-state index is 10.6. The summed E-state index contributed by atoms with van der Waals surface area (Å²) < 4.78 is 7.66. The SMILES string of the molecule is O=Cc1ccc(Sc2nnc(C3CC3)n2C2CC2)o1. The maximum absolute atomic E-state index is 10.6.